The number of anilines is 1. The minimum atomic E-state index is -3.88. The van der Waals surface area contributed by atoms with Gasteiger partial charge in [-0.3, -0.25) is 9.59 Å². The molecule has 0 unspecified atom stereocenters. The number of nitrogens with zero attached hydrogens (tertiary/aromatic N) is 3. The van der Waals surface area contributed by atoms with Crippen LogP contribution in [0.3, 0.4) is 0 Å². The molecule has 1 amide bonds. The van der Waals surface area contributed by atoms with Gasteiger partial charge in [-0.05, 0) is 36.6 Å². The Hall–Kier alpha value is -3.30. The second kappa shape index (κ2) is 9.88. The highest BCUT2D eigenvalue weighted by Crippen LogP contribution is 2.16. The molecule has 1 aromatic heterocycles. The van der Waals surface area contributed by atoms with Gasteiger partial charge in [0, 0.05) is 18.7 Å². The summed E-state index contributed by atoms with van der Waals surface area (Å²) in [6.45, 7) is 3.61. The van der Waals surface area contributed by atoms with Crippen molar-refractivity contribution in [2.75, 3.05) is 18.9 Å². The molecule has 0 aliphatic rings. The largest absolute Gasteiger partial charge is 0.310 e. The number of aryl methyl sites for hydroxylation is 1. The number of ketones is 1. The van der Waals surface area contributed by atoms with E-state index in [1.54, 1.807) is 16.9 Å². The van der Waals surface area contributed by atoms with Crippen molar-refractivity contribution in [3.63, 3.8) is 0 Å². The Labute approximate surface area is 187 Å². The monoisotopic (exact) mass is 454 g/mol. The molecule has 1 heterocycles. The van der Waals surface area contributed by atoms with Gasteiger partial charge in [0.05, 0.1) is 24.2 Å². The molecule has 8 nitrogen and oxygen atoms in total. The maximum Gasteiger partial charge on any atom is 0.243 e. The third-order valence-electron chi connectivity index (χ3n) is 5.08. The lowest BCUT2D eigenvalue weighted by atomic mass is 10.1. The van der Waals surface area contributed by atoms with Crippen LogP contribution >= 0.6 is 0 Å². The second-order valence-electron chi connectivity index (χ2n) is 7.43. The van der Waals surface area contributed by atoms with Crippen LogP contribution in [-0.4, -0.2) is 47.8 Å². The van der Waals surface area contributed by atoms with Gasteiger partial charge in [0.1, 0.15) is 5.82 Å². The Kier molecular flexibility index (Phi) is 7.22. The van der Waals surface area contributed by atoms with E-state index < -0.39 is 15.9 Å². The number of carbonyl (C=O) groups excluding carboxylic acids is 2. The molecule has 1 N–H and O–H groups in total. The molecule has 0 bridgehead atoms. The number of sulfonamides is 1. The van der Waals surface area contributed by atoms with Crippen molar-refractivity contribution in [2.45, 2.75) is 31.7 Å². The van der Waals surface area contributed by atoms with Crippen molar-refractivity contribution >= 4 is 27.5 Å². The zero-order valence-electron chi connectivity index (χ0n) is 18.3. The molecule has 32 heavy (non-hydrogen) atoms. The predicted octanol–water partition coefficient (Wildman–Crippen LogP) is 2.96. The van der Waals surface area contributed by atoms with Gasteiger partial charge < -0.3 is 5.32 Å². The minimum Gasteiger partial charge on any atom is -0.310 e. The van der Waals surface area contributed by atoms with Gasteiger partial charge in [0.15, 0.2) is 5.78 Å². The van der Waals surface area contributed by atoms with Gasteiger partial charge in [-0.1, -0.05) is 43.3 Å². The fourth-order valence-corrected chi connectivity index (χ4v) is 4.26. The van der Waals surface area contributed by atoms with E-state index in [9.17, 15) is 18.0 Å². The molecule has 0 aliphatic heterocycles. The zero-order valence-corrected chi connectivity index (χ0v) is 19.1. The second-order valence-corrected chi connectivity index (χ2v) is 9.48. The summed E-state index contributed by atoms with van der Waals surface area (Å²) in [6, 6.07) is 15.4. The van der Waals surface area contributed by atoms with Crippen LogP contribution in [-0.2, 0) is 27.8 Å². The van der Waals surface area contributed by atoms with Gasteiger partial charge in [0.2, 0.25) is 15.9 Å². The molecule has 0 radical (unpaired) electrons. The lowest BCUT2D eigenvalue weighted by Gasteiger charge is -2.17. The van der Waals surface area contributed by atoms with E-state index in [1.807, 2.05) is 12.1 Å². The lowest BCUT2D eigenvalue weighted by molar-refractivity contribution is -0.116. The lowest BCUT2D eigenvalue weighted by Crippen LogP contribution is -2.35. The Morgan fingerprint density at radius 2 is 1.62 bits per heavy atom. The molecule has 0 aliphatic carbocycles. The van der Waals surface area contributed by atoms with E-state index in [4.69, 9.17) is 0 Å². The molecular weight excluding hydrogens is 428 g/mol. The number of benzene rings is 2. The van der Waals surface area contributed by atoms with Crippen LogP contribution in [0.4, 0.5) is 5.82 Å². The van der Waals surface area contributed by atoms with Gasteiger partial charge in [0.25, 0.3) is 0 Å². The van der Waals surface area contributed by atoms with Crippen molar-refractivity contribution in [2.24, 2.45) is 0 Å². The molecule has 9 heteroatoms. The normalized spacial score (nSPS) is 11.5. The van der Waals surface area contributed by atoms with Crippen LogP contribution in [0.2, 0.25) is 0 Å². The summed E-state index contributed by atoms with van der Waals surface area (Å²) in [6.07, 6.45) is 2.54. The highest BCUT2D eigenvalue weighted by molar-refractivity contribution is 7.89. The molecule has 168 valence electrons. The first-order chi connectivity index (χ1) is 15.2. The summed E-state index contributed by atoms with van der Waals surface area (Å²) in [5.74, 6) is -0.162. The smallest absolute Gasteiger partial charge is 0.243 e. The van der Waals surface area contributed by atoms with Crippen LogP contribution in [0.25, 0.3) is 0 Å². The van der Waals surface area contributed by atoms with Crippen LogP contribution in [0, 0.1) is 0 Å². The third kappa shape index (κ3) is 5.49. The summed E-state index contributed by atoms with van der Waals surface area (Å²) in [5.41, 5.74) is 2.69. The first-order valence-corrected chi connectivity index (χ1v) is 11.6. The van der Waals surface area contributed by atoms with E-state index in [2.05, 4.69) is 29.5 Å². The summed E-state index contributed by atoms with van der Waals surface area (Å²) in [4.78, 5) is 23.9. The van der Waals surface area contributed by atoms with Crippen LogP contribution in [0.15, 0.2) is 65.7 Å². The van der Waals surface area contributed by atoms with Gasteiger partial charge in [-0.2, -0.15) is 9.40 Å². The summed E-state index contributed by atoms with van der Waals surface area (Å²) in [5, 5.41) is 6.97. The number of likely N-dealkylation sites (N-methyl/N-ethyl adjacent to an activating group) is 1. The summed E-state index contributed by atoms with van der Waals surface area (Å²) in [7, 11) is -2.55. The molecule has 2 aromatic carbocycles. The Morgan fingerprint density at radius 1 is 1.00 bits per heavy atom. The minimum absolute atomic E-state index is 0.0124. The quantitative estimate of drug-likeness (QED) is 0.501. The number of carbonyl (C=O) groups is 2. The van der Waals surface area contributed by atoms with E-state index in [-0.39, 0.29) is 17.2 Å². The first-order valence-electron chi connectivity index (χ1n) is 10.2. The molecule has 0 saturated heterocycles. The molecule has 0 saturated carbocycles. The zero-order chi connectivity index (χ0) is 23.3. The van der Waals surface area contributed by atoms with Crippen molar-refractivity contribution in [1.82, 2.24) is 14.1 Å². The molecule has 0 fully saturated rings. The fourth-order valence-electron chi connectivity index (χ4n) is 3.13. The standard InChI is InChI=1S/C23H26N4O4S/c1-4-18-5-7-19(8-6-18)15-27-22(13-14-24-27)25-23(29)16-26(3)32(30,31)21-11-9-20(10-12-21)17(2)28/h5-14H,4,15-16H2,1-3H3,(H,25,29). The van der Waals surface area contributed by atoms with Crippen molar-refractivity contribution in [1.29, 1.82) is 0 Å². The highest BCUT2D eigenvalue weighted by Gasteiger charge is 2.23. The van der Waals surface area contributed by atoms with Crippen LogP contribution in [0.5, 0.6) is 0 Å². The maximum atomic E-state index is 12.8. The molecule has 3 aromatic rings. The number of hydrogen-bond acceptors (Lipinski definition) is 5. The van der Waals surface area contributed by atoms with Crippen molar-refractivity contribution < 1.29 is 18.0 Å². The maximum absolute atomic E-state index is 12.8. The highest BCUT2D eigenvalue weighted by atomic mass is 32.2. The number of aromatic nitrogens is 2. The topological polar surface area (TPSA) is 101 Å². The van der Waals surface area contributed by atoms with E-state index in [0.29, 0.717) is 17.9 Å². The molecule has 0 atom stereocenters. The Morgan fingerprint density at radius 3 is 2.22 bits per heavy atom. The number of amides is 1. The summed E-state index contributed by atoms with van der Waals surface area (Å²) < 4.78 is 28.1. The van der Waals surface area contributed by atoms with Crippen LogP contribution < -0.4 is 5.32 Å². The average molecular weight is 455 g/mol. The molecular formula is C23H26N4O4S. The average Bonchev–Trinajstić information content (AvgIpc) is 3.20. The molecule has 0 spiro atoms. The molecule has 3 rings (SSSR count). The van der Waals surface area contributed by atoms with Gasteiger partial charge in [-0.15, -0.1) is 0 Å². The van der Waals surface area contributed by atoms with E-state index in [0.717, 1.165) is 16.3 Å². The Bertz CT molecular complexity index is 1200. The summed E-state index contributed by atoms with van der Waals surface area (Å²) >= 11 is 0. The number of rotatable bonds is 9. The fraction of sp³-hybridized carbons (Fsp3) is 0.261. The number of nitrogens with one attached hydrogen (secondary N) is 1. The number of Topliss-reactive ketones (excluding diaryl/α,β-unsaturated/α-hetero) is 1. The van der Waals surface area contributed by atoms with Crippen molar-refractivity contribution in [3.8, 4) is 0 Å². The van der Waals surface area contributed by atoms with E-state index in [1.165, 1.54) is 43.8 Å². The Balaban J connectivity index is 1.65. The third-order valence-corrected chi connectivity index (χ3v) is 6.90. The van der Waals surface area contributed by atoms with Crippen LogP contribution in [0.1, 0.15) is 35.3 Å². The number of hydrogen-bond donors (Lipinski definition) is 1. The SMILES string of the molecule is CCc1ccc(Cn2nccc2NC(=O)CN(C)S(=O)(=O)c2ccc(C(C)=O)cc2)cc1. The van der Waals surface area contributed by atoms with Gasteiger partial charge in [-0.25, -0.2) is 13.1 Å². The predicted molar refractivity (Wildman–Crippen MR) is 122 cm³/mol. The first kappa shape index (κ1) is 23.4. The van der Waals surface area contributed by atoms with Crippen molar-refractivity contribution in [3.05, 3.63) is 77.5 Å². The van der Waals surface area contributed by atoms with Gasteiger partial charge >= 0.3 is 0 Å². The van der Waals surface area contributed by atoms with E-state index >= 15 is 0 Å².